The third kappa shape index (κ3) is 3.88. The molecule has 1 spiro atoms. The Bertz CT molecular complexity index is 867. The lowest BCUT2D eigenvalue weighted by molar-refractivity contribution is -0.0761. The van der Waals surface area contributed by atoms with Crippen molar-refractivity contribution in [3.05, 3.63) is 17.3 Å². The molecule has 2 saturated heterocycles. The highest BCUT2D eigenvalue weighted by Gasteiger charge is 2.46. The van der Waals surface area contributed by atoms with Gasteiger partial charge in [0.1, 0.15) is 17.0 Å². The Morgan fingerprint density at radius 1 is 1.17 bits per heavy atom. The molecule has 1 saturated carbocycles. The Hall–Kier alpha value is -1.34. The third-order valence-electron chi connectivity index (χ3n) is 7.21. The number of hydrogen-bond donors (Lipinski definition) is 0. The van der Waals surface area contributed by atoms with Gasteiger partial charge in [-0.3, -0.25) is 0 Å². The van der Waals surface area contributed by atoms with Crippen molar-refractivity contribution in [2.45, 2.75) is 57.8 Å². The first kappa shape index (κ1) is 19.6. The first-order chi connectivity index (χ1) is 14.0. The maximum absolute atomic E-state index is 13.7. The molecule has 1 aliphatic carbocycles. The van der Waals surface area contributed by atoms with Gasteiger partial charge in [0.05, 0.1) is 5.39 Å². The van der Waals surface area contributed by atoms with Crippen molar-refractivity contribution >= 4 is 27.4 Å². The monoisotopic (exact) mass is 420 g/mol. The molecule has 3 aliphatic rings. The molecule has 1 unspecified atom stereocenters. The average Bonchev–Trinajstić information content (AvgIpc) is 3.10. The van der Waals surface area contributed by atoms with Crippen LogP contribution < -0.4 is 4.90 Å². The van der Waals surface area contributed by atoms with E-state index in [0.29, 0.717) is 11.8 Å². The van der Waals surface area contributed by atoms with Crippen LogP contribution in [0.25, 0.3) is 10.2 Å². The van der Waals surface area contributed by atoms with Crippen LogP contribution in [0.1, 0.15) is 50.3 Å². The van der Waals surface area contributed by atoms with E-state index in [1.807, 2.05) is 0 Å². The third-order valence-corrected chi connectivity index (χ3v) is 8.40. The number of likely N-dealkylation sites (tertiary alicyclic amines) is 1. The van der Waals surface area contributed by atoms with Gasteiger partial charge in [0, 0.05) is 50.4 Å². The maximum Gasteiger partial charge on any atom is 0.248 e. The molecule has 3 fully saturated rings. The van der Waals surface area contributed by atoms with E-state index < -0.39 is 5.92 Å². The van der Waals surface area contributed by atoms with Crippen LogP contribution in [-0.4, -0.2) is 53.5 Å². The Morgan fingerprint density at radius 2 is 1.97 bits per heavy atom. The zero-order chi connectivity index (χ0) is 20.1. The van der Waals surface area contributed by atoms with Gasteiger partial charge in [-0.15, -0.1) is 11.3 Å². The topological polar surface area (TPSA) is 32.3 Å². The molecule has 2 aromatic rings. The maximum atomic E-state index is 13.7. The van der Waals surface area contributed by atoms with Gasteiger partial charge in [-0.25, -0.2) is 18.7 Å². The smallest absolute Gasteiger partial charge is 0.248 e. The van der Waals surface area contributed by atoms with Crippen LogP contribution in [0.3, 0.4) is 0 Å². The van der Waals surface area contributed by atoms with Gasteiger partial charge in [-0.2, -0.15) is 0 Å². The van der Waals surface area contributed by atoms with Crippen LogP contribution in [0, 0.1) is 11.3 Å². The van der Waals surface area contributed by atoms with Gasteiger partial charge < -0.3 is 9.80 Å². The van der Waals surface area contributed by atoms with E-state index in [4.69, 9.17) is 0 Å². The minimum Gasteiger partial charge on any atom is -0.356 e. The van der Waals surface area contributed by atoms with Gasteiger partial charge in [-0.1, -0.05) is 6.92 Å². The largest absolute Gasteiger partial charge is 0.356 e. The van der Waals surface area contributed by atoms with Gasteiger partial charge in [0.2, 0.25) is 5.92 Å². The van der Waals surface area contributed by atoms with Crippen molar-refractivity contribution < 1.29 is 8.78 Å². The fraction of sp³-hybridized carbons (Fsp3) is 0.727. The fourth-order valence-electron chi connectivity index (χ4n) is 5.66. The van der Waals surface area contributed by atoms with E-state index in [1.165, 1.54) is 23.1 Å². The summed E-state index contributed by atoms with van der Waals surface area (Å²) in [5, 5.41) is 1.19. The molecule has 2 aliphatic heterocycles. The summed E-state index contributed by atoms with van der Waals surface area (Å²) in [5.74, 6) is -1.17. The predicted molar refractivity (Wildman–Crippen MR) is 114 cm³/mol. The first-order valence-corrected chi connectivity index (χ1v) is 11.9. The van der Waals surface area contributed by atoms with Crippen molar-refractivity contribution in [1.82, 2.24) is 14.9 Å². The van der Waals surface area contributed by atoms with Gasteiger partial charge >= 0.3 is 0 Å². The minimum atomic E-state index is -2.43. The van der Waals surface area contributed by atoms with E-state index in [0.717, 1.165) is 56.2 Å². The summed E-state index contributed by atoms with van der Waals surface area (Å²) in [6.07, 6.45) is 6.90. The number of thiophene rings is 1. The Kier molecular flexibility index (Phi) is 5.01. The molecule has 5 rings (SSSR count). The molecule has 4 heterocycles. The Balaban J connectivity index is 1.17. The molecule has 2 aromatic heterocycles. The first-order valence-electron chi connectivity index (χ1n) is 11.0. The molecule has 4 nitrogen and oxygen atoms in total. The van der Waals surface area contributed by atoms with E-state index in [9.17, 15) is 8.78 Å². The summed E-state index contributed by atoms with van der Waals surface area (Å²) in [6, 6.07) is 2.25. The number of halogens is 2. The number of fused-ring (bicyclic) bond motifs is 1. The molecule has 29 heavy (non-hydrogen) atoms. The highest BCUT2D eigenvalue weighted by molar-refractivity contribution is 7.18. The van der Waals surface area contributed by atoms with Crippen LogP contribution in [0.2, 0.25) is 0 Å². The number of hydrogen-bond acceptors (Lipinski definition) is 5. The molecule has 7 heteroatoms. The van der Waals surface area contributed by atoms with Crippen molar-refractivity contribution in [3.8, 4) is 0 Å². The van der Waals surface area contributed by atoms with Crippen LogP contribution in [-0.2, 0) is 6.42 Å². The van der Waals surface area contributed by atoms with Crippen LogP contribution >= 0.6 is 11.3 Å². The molecule has 0 N–H and O–H groups in total. The standard InChI is InChI=1S/C22H30F2N4S/c1-2-17-10-18-19(25-15-26-20(18)29-17)28-8-6-21(7-9-28)13-27(14-21)12-16-4-3-5-22(23,24)11-16/h10,15-16H,2-9,11-14H2,1H3. The molecular formula is C22H30F2N4S. The van der Waals surface area contributed by atoms with Crippen LogP contribution in [0.15, 0.2) is 12.4 Å². The van der Waals surface area contributed by atoms with Crippen LogP contribution in [0.5, 0.6) is 0 Å². The second-order valence-corrected chi connectivity index (χ2v) is 10.6. The highest BCUT2D eigenvalue weighted by atomic mass is 32.1. The fourth-order valence-corrected chi connectivity index (χ4v) is 6.59. The Labute approximate surface area is 175 Å². The molecule has 0 aromatic carbocycles. The normalized spacial score (nSPS) is 26.7. The van der Waals surface area contributed by atoms with E-state index in [2.05, 4.69) is 32.8 Å². The summed E-state index contributed by atoms with van der Waals surface area (Å²) in [6.45, 7) is 7.26. The minimum absolute atomic E-state index is 0.0868. The number of rotatable bonds is 4. The molecule has 0 radical (unpaired) electrons. The van der Waals surface area contributed by atoms with Crippen molar-refractivity contribution in [3.63, 3.8) is 0 Å². The lowest BCUT2D eigenvalue weighted by Gasteiger charge is -2.55. The highest BCUT2D eigenvalue weighted by Crippen LogP contribution is 2.44. The summed E-state index contributed by atoms with van der Waals surface area (Å²) in [7, 11) is 0. The zero-order valence-electron chi connectivity index (χ0n) is 17.2. The molecular weight excluding hydrogens is 390 g/mol. The molecule has 0 amide bonds. The summed E-state index contributed by atoms with van der Waals surface area (Å²) < 4.78 is 27.4. The van der Waals surface area contributed by atoms with Crippen molar-refractivity contribution in [2.75, 3.05) is 37.6 Å². The lowest BCUT2D eigenvalue weighted by Crippen LogP contribution is -2.61. The van der Waals surface area contributed by atoms with Crippen molar-refractivity contribution in [1.29, 1.82) is 0 Å². The second-order valence-electron chi connectivity index (χ2n) is 9.46. The molecule has 158 valence electrons. The van der Waals surface area contributed by atoms with Gasteiger partial charge in [0.15, 0.2) is 0 Å². The average molecular weight is 421 g/mol. The van der Waals surface area contributed by atoms with Crippen molar-refractivity contribution in [2.24, 2.45) is 11.3 Å². The number of alkyl halides is 2. The summed E-state index contributed by atoms with van der Waals surface area (Å²) in [5.41, 5.74) is 0.392. The zero-order valence-corrected chi connectivity index (χ0v) is 18.0. The second kappa shape index (κ2) is 7.41. The van der Waals surface area contributed by atoms with Crippen LogP contribution in [0.4, 0.5) is 14.6 Å². The number of aryl methyl sites for hydroxylation is 1. The van der Waals surface area contributed by atoms with E-state index in [-0.39, 0.29) is 18.8 Å². The number of nitrogens with zero attached hydrogens (tertiary/aromatic N) is 4. The number of piperidine rings is 1. The van der Waals surface area contributed by atoms with E-state index >= 15 is 0 Å². The number of aromatic nitrogens is 2. The Morgan fingerprint density at radius 3 is 2.69 bits per heavy atom. The predicted octanol–water partition coefficient (Wildman–Crippen LogP) is 4.98. The summed E-state index contributed by atoms with van der Waals surface area (Å²) >= 11 is 1.77. The van der Waals surface area contributed by atoms with E-state index in [1.54, 1.807) is 17.7 Å². The summed E-state index contributed by atoms with van der Waals surface area (Å²) in [4.78, 5) is 16.4. The lowest BCUT2D eigenvalue weighted by atomic mass is 9.71. The van der Waals surface area contributed by atoms with Gasteiger partial charge in [0.25, 0.3) is 0 Å². The quantitative estimate of drug-likeness (QED) is 0.698. The SMILES string of the molecule is CCc1cc2c(N3CCC4(CC3)CN(CC3CCCC(F)(F)C3)C4)ncnc2s1. The van der Waals surface area contributed by atoms with Gasteiger partial charge in [-0.05, 0) is 49.5 Å². The number of anilines is 1. The molecule has 1 atom stereocenters. The molecule has 0 bridgehead atoms.